The number of primary amides is 1. The van der Waals surface area contributed by atoms with E-state index in [0.29, 0.717) is 17.6 Å². The maximum absolute atomic E-state index is 11.1. The molecule has 4 rings (SSSR count). The van der Waals surface area contributed by atoms with Crippen molar-refractivity contribution in [2.75, 3.05) is 13.1 Å². The molecule has 3 heterocycles. The van der Waals surface area contributed by atoms with Crippen molar-refractivity contribution in [2.24, 2.45) is 5.73 Å². The minimum absolute atomic E-state index is 0.322. The summed E-state index contributed by atoms with van der Waals surface area (Å²) in [6.45, 7) is 2.73. The zero-order valence-corrected chi connectivity index (χ0v) is 11.7. The third kappa shape index (κ3) is 2.33. The average molecular weight is 286 g/mol. The van der Waals surface area contributed by atoms with Gasteiger partial charge in [0.2, 0.25) is 0 Å². The van der Waals surface area contributed by atoms with Crippen LogP contribution in [0.15, 0.2) is 24.8 Å². The third-order valence-electron chi connectivity index (χ3n) is 4.25. The van der Waals surface area contributed by atoms with Crippen molar-refractivity contribution in [1.29, 1.82) is 0 Å². The lowest BCUT2D eigenvalue weighted by Crippen LogP contribution is -2.47. The normalized spacial score (nSPS) is 19.6. The Kier molecular flexibility index (Phi) is 2.81. The molecular formula is C14H18N6O. The molecule has 1 aliphatic heterocycles. The molecule has 0 atom stereocenters. The van der Waals surface area contributed by atoms with Gasteiger partial charge < -0.3 is 10.3 Å². The quantitative estimate of drug-likeness (QED) is 0.871. The van der Waals surface area contributed by atoms with Gasteiger partial charge in [-0.05, 0) is 12.8 Å². The van der Waals surface area contributed by atoms with Crippen LogP contribution in [-0.4, -0.2) is 43.2 Å². The molecule has 0 aromatic carbocycles. The number of carbonyl (C=O) groups excluding carboxylic acids is 1. The fourth-order valence-electron chi connectivity index (χ4n) is 2.86. The summed E-state index contributed by atoms with van der Waals surface area (Å²) >= 11 is 0. The van der Waals surface area contributed by atoms with Gasteiger partial charge in [-0.15, -0.1) is 0 Å². The highest BCUT2D eigenvalue weighted by molar-refractivity contribution is 5.92. The van der Waals surface area contributed by atoms with E-state index in [4.69, 9.17) is 5.73 Å². The van der Waals surface area contributed by atoms with Crippen LogP contribution in [-0.2, 0) is 6.54 Å². The van der Waals surface area contributed by atoms with E-state index in [1.807, 2.05) is 10.9 Å². The predicted octanol–water partition coefficient (Wildman–Crippen LogP) is 0.570. The number of hydrogen-bond acceptors (Lipinski definition) is 4. The van der Waals surface area contributed by atoms with Gasteiger partial charge in [0.05, 0.1) is 24.3 Å². The molecule has 1 saturated heterocycles. The molecule has 110 valence electrons. The number of imidazole rings is 1. The molecule has 7 nitrogen and oxygen atoms in total. The number of nitrogens with zero attached hydrogens (tertiary/aromatic N) is 5. The number of aromatic nitrogens is 4. The van der Waals surface area contributed by atoms with E-state index < -0.39 is 5.91 Å². The van der Waals surface area contributed by atoms with Crippen molar-refractivity contribution in [2.45, 2.75) is 31.5 Å². The van der Waals surface area contributed by atoms with Crippen LogP contribution in [0, 0.1) is 0 Å². The molecule has 1 amide bonds. The van der Waals surface area contributed by atoms with Crippen LogP contribution in [0.1, 0.15) is 41.1 Å². The molecular weight excluding hydrogens is 268 g/mol. The van der Waals surface area contributed by atoms with Gasteiger partial charge >= 0.3 is 0 Å². The molecule has 2 aliphatic rings. The summed E-state index contributed by atoms with van der Waals surface area (Å²) in [6, 6.07) is 0.992. The van der Waals surface area contributed by atoms with Crippen molar-refractivity contribution in [1.82, 2.24) is 24.2 Å². The highest BCUT2D eigenvalue weighted by Gasteiger charge is 2.31. The first kappa shape index (κ1) is 12.6. The van der Waals surface area contributed by atoms with Crippen LogP contribution in [0.5, 0.6) is 0 Å². The Hall–Kier alpha value is -2.15. The molecule has 0 bridgehead atoms. The zero-order chi connectivity index (χ0) is 14.4. The first-order chi connectivity index (χ1) is 10.2. The lowest BCUT2D eigenvalue weighted by atomic mass is 10.1. The topological polar surface area (TPSA) is 82.0 Å². The van der Waals surface area contributed by atoms with Gasteiger partial charge in [0.15, 0.2) is 0 Å². The van der Waals surface area contributed by atoms with Crippen molar-refractivity contribution in [3.05, 3.63) is 36.2 Å². The molecule has 2 fully saturated rings. The molecule has 2 aromatic rings. The molecule has 2 aromatic heterocycles. The standard InChI is InChI=1S/C14H18N6O/c15-14(21)10-5-17-20(6-10)12-7-18(8-12)9-13-16-3-4-19(13)11-1-2-11/h3-6,11-12H,1-2,7-9H2,(H2,15,21). The van der Waals surface area contributed by atoms with E-state index in [-0.39, 0.29) is 0 Å². The zero-order valence-electron chi connectivity index (χ0n) is 11.7. The van der Waals surface area contributed by atoms with Gasteiger partial charge in [-0.25, -0.2) is 4.98 Å². The Balaban J connectivity index is 1.36. The fourth-order valence-corrected chi connectivity index (χ4v) is 2.86. The fraction of sp³-hybridized carbons (Fsp3) is 0.500. The number of nitrogens with two attached hydrogens (primary N) is 1. The molecule has 2 N–H and O–H groups in total. The van der Waals surface area contributed by atoms with Gasteiger partial charge in [-0.3, -0.25) is 14.4 Å². The second-order valence-electron chi connectivity index (χ2n) is 5.90. The summed E-state index contributed by atoms with van der Waals surface area (Å²) in [5.74, 6) is 0.720. The minimum atomic E-state index is -0.427. The van der Waals surface area contributed by atoms with Crippen molar-refractivity contribution >= 4 is 5.91 Å². The minimum Gasteiger partial charge on any atom is -0.366 e. The first-order valence-corrected chi connectivity index (χ1v) is 7.29. The summed E-state index contributed by atoms with van der Waals surface area (Å²) in [5.41, 5.74) is 5.71. The SMILES string of the molecule is NC(=O)c1cnn(C2CN(Cc3nccn3C3CC3)C2)c1. The Morgan fingerprint density at radius 1 is 1.33 bits per heavy atom. The van der Waals surface area contributed by atoms with Crippen LogP contribution >= 0.6 is 0 Å². The van der Waals surface area contributed by atoms with E-state index in [2.05, 4.69) is 25.7 Å². The Labute approximate surface area is 122 Å². The van der Waals surface area contributed by atoms with E-state index in [1.54, 1.807) is 6.20 Å². The summed E-state index contributed by atoms with van der Waals surface area (Å²) in [7, 11) is 0. The summed E-state index contributed by atoms with van der Waals surface area (Å²) in [4.78, 5) is 17.9. The summed E-state index contributed by atoms with van der Waals surface area (Å²) < 4.78 is 4.14. The lowest BCUT2D eigenvalue weighted by Gasteiger charge is -2.38. The summed E-state index contributed by atoms with van der Waals surface area (Å²) in [5, 5.41) is 4.22. The van der Waals surface area contributed by atoms with Crippen LogP contribution in [0.3, 0.4) is 0 Å². The van der Waals surface area contributed by atoms with Crippen LogP contribution < -0.4 is 5.73 Å². The van der Waals surface area contributed by atoms with Crippen molar-refractivity contribution < 1.29 is 4.79 Å². The van der Waals surface area contributed by atoms with E-state index in [1.165, 1.54) is 19.0 Å². The second kappa shape index (κ2) is 4.70. The monoisotopic (exact) mass is 286 g/mol. The molecule has 1 aliphatic carbocycles. The number of hydrogen-bond donors (Lipinski definition) is 1. The third-order valence-corrected chi connectivity index (χ3v) is 4.25. The molecule has 1 saturated carbocycles. The van der Waals surface area contributed by atoms with Gasteiger partial charge in [0, 0.05) is 37.7 Å². The molecule has 0 unspecified atom stereocenters. The van der Waals surface area contributed by atoms with Crippen LogP contribution in [0.2, 0.25) is 0 Å². The summed E-state index contributed by atoms with van der Waals surface area (Å²) in [6.07, 6.45) is 9.78. The number of rotatable bonds is 5. The van der Waals surface area contributed by atoms with E-state index >= 15 is 0 Å². The maximum Gasteiger partial charge on any atom is 0.251 e. The molecule has 0 spiro atoms. The predicted molar refractivity (Wildman–Crippen MR) is 75.6 cm³/mol. The number of carbonyl (C=O) groups is 1. The Morgan fingerprint density at radius 2 is 2.14 bits per heavy atom. The number of likely N-dealkylation sites (tertiary alicyclic amines) is 1. The lowest BCUT2D eigenvalue weighted by molar-refractivity contribution is 0.0866. The number of amides is 1. The van der Waals surface area contributed by atoms with E-state index in [9.17, 15) is 4.79 Å². The van der Waals surface area contributed by atoms with Gasteiger partial charge in [0.1, 0.15) is 5.82 Å². The van der Waals surface area contributed by atoms with Gasteiger partial charge in [0.25, 0.3) is 5.91 Å². The highest BCUT2D eigenvalue weighted by Crippen LogP contribution is 2.36. The Morgan fingerprint density at radius 3 is 2.81 bits per heavy atom. The largest absolute Gasteiger partial charge is 0.366 e. The molecule has 21 heavy (non-hydrogen) atoms. The first-order valence-electron chi connectivity index (χ1n) is 7.29. The van der Waals surface area contributed by atoms with Crippen molar-refractivity contribution in [3.8, 4) is 0 Å². The maximum atomic E-state index is 11.1. The van der Waals surface area contributed by atoms with Crippen molar-refractivity contribution in [3.63, 3.8) is 0 Å². The second-order valence-corrected chi connectivity index (χ2v) is 5.90. The van der Waals surface area contributed by atoms with Gasteiger partial charge in [-0.1, -0.05) is 0 Å². The van der Waals surface area contributed by atoms with Gasteiger partial charge in [-0.2, -0.15) is 5.10 Å². The Bertz CT molecular complexity index is 665. The van der Waals surface area contributed by atoms with E-state index in [0.717, 1.165) is 25.5 Å². The molecule has 0 radical (unpaired) electrons. The smallest absolute Gasteiger partial charge is 0.251 e. The molecule has 7 heteroatoms. The van der Waals surface area contributed by atoms with Crippen LogP contribution in [0.4, 0.5) is 0 Å². The van der Waals surface area contributed by atoms with Crippen LogP contribution in [0.25, 0.3) is 0 Å². The highest BCUT2D eigenvalue weighted by atomic mass is 16.1. The average Bonchev–Trinajstić information content (AvgIpc) is 2.97.